The van der Waals surface area contributed by atoms with Crippen molar-refractivity contribution in [2.24, 2.45) is 0 Å². The molecule has 0 aliphatic carbocycles. The van der Waals surface area contributed by atoms with Gasteiger partial charge in [-0.1, -0.05) is 19.1 Å². The molecule has 0 aliphatic heterocycles. The quantitative estimate of drug-likeness (QED) is 0.710. The topological polar surface area (TPSA) is 101 Å². The Kier molecular flexibility index (Phi) is 4.45. The maximum atomic E-state index is 12.9. The Labute approximate surface area is 138 Å². The smallest absolute Gasteiger partial charge is 0.264 e. The summed E-state index contributed by atoms with van der Waals surface area (Å²) in [5.41, 5.74) is 1.07. The first-order chi connectivity index (χ1) is 11.5. The third-order valence-electron chi connectivity index (χ3n) is 3.35. The average Bonchev–Trinajstić information content (AvgIpc) is 3.23. The van der Waals surface area contributed by atoms with E-state index in [1.54, 1.807) is 0 Å². The second-order valence-corrected chi connectivity index (χ2v) is 6.82. The molecule has 0 fully saturated rings. The molecule has 9 heteroatoms. The molecule has 2 N–H and O–H groups in total. The van der Waals surface area contributed by atoms with Gasteiger partial charge in [0.05, 0.1) is 0 Å². The number of benzene rings is 1. The largest absolute Gasteiger partial charge is 0.419 e. The van der Waals surface area contributed by atoms with E-state index < -0.39 is 10.0 Å². The van der Waals surface area contributed by atoms with E-state index in [2.05, 4.69) is 19.9 Å². The molecule has 0 bridgehead atoms. The number of hydrogen-bond donors (Lipinski definition) is 2. The maximum absolute atomic E-state index is 12.9. The molecular weight excluding hydrogens is 335 g/mol. The fraction of sp³-hybridized carbons (Fsp3) is 0.200. The molecule has 3 aromatic rings. The summed E-state index contributed by atoms with van der Waals surface area (Å²) < 4.78 is 45.3. The number of nitrogens with one attached hydrogen (secondary N) is 2. The highest BCUT2D eigenvalue weighted by molar-refractivity contribution is 7.89. The third-order valence-corrected chi connectivity index (χ3v) is 4.73. The zero-order valence-electron chi connectivity index (χ0n) is 12.8. The van der Waals surface area contributed by atoms with Crippen LogP contribution in [0, 0.1) is 5.82 Å². The zero-order valence-corrected chi connectivity index (χ0v) is 13.6. The predicted octanol–water partition coefficient (Wildman–Crippen LogP) is 2.24. The predicted molar refractivity (Wildman–Crippen MR) is 83.9 cm³/mol. The van der Waals surface area contributed by atoms with Crippen LogP contribution in [0.25, 0.3) is 11.6 Å². The minimum atomic E-state index is -3.72. The first kappa shape index (κ1) is 16.3. The minimum absolute atomic E-state index is 0.0517. The lowest BCUT2D eigenvalue weighted by Crippen LogP contribution is -2.22. The summed E-state index contributed by atoms with van der Waals surface area (Å²) >= 11 is 0. The van der Waals surface area contributed by atoms with Crippen molar-refractivity contribution in [3.8, 4) is 11.6 Å². The standard InChI is InChI=1S/C15H15FN4O3S/c1-2-14-19-20-15(23-14)13-7-12(9-17-13)24(21,22)18-8-10-3-5-11(16)6-4-10/h3-7,9,17-18H,2,8H2,1H3. The Morgan fingerprint density at radius 1 is 1.25 bits per heavy atom. The number of sulfonamides is 1. The molecule has 2 heterocycles. The molecule has 0 radical (unpaired) electrons. The van der Waals surface area contributed by atoms with Gasteiger partial charge in [-0.3, -0.25) is 0 Å². The van der Waals surface area contributed by atoms with Gasteiger partial charge in [0.15, 0.2) is 0 Å². The van der Waals surface area contributed by atoms with E-state index in [9.17, 15) is 12.8 Å². The van der Waals surface area contributed by atoms with Gasteiger partial charge in [-0.05, 0) is 23.8 Å². The molecule has 2 aromatic heterocycles. The number of halogens is 1. The monoisotopic (exact) mass is 350 g/mol. The van der Waals surface area contributed by atoms with Crippen LogP contribution in [0.2, 0.25) is 0 Å². The first-order valence-corrected chi connectivity index (χ1v) is 8.71. The van der Waals surface area contributed by atoms with Crippen LogP contribution in [0.5, 0.6) is 0 Å². The van der Waals surface area contributed by atoms with E-state index in [1.165, 1.54) is 36.5 Å². The third kappa shape index (κ3) is 3.52. The van der Waals surface area contributed by atoms with Gasteiger partial charge in [-0.15, -0.1) is 10.2 Å². The van der Waals surface area contributed by atoms with Gasteiger partial charge in [0.25, 0.3) is 5.89 Å². The van der Waals surface area contributed by atoms with Crippen LogP contribution in [-0.2, 0) is 23.0 Å². The lowest BCUT2D eigenvalue weighted by atomic mass is 10.2. The van der Waals surface area contributed by atoms with Gasteiger partial charge in [0.1, 0.15) is 16.4 Å². The lowest BCUT2D eigenvalue weighted by Gasteiger charge is -2.04. The van der Waals surface area contributed by atoms with Crippen molar-refractivity contribution >= 4 is 10.0 Å². The highest BCUT2D eigenvalue weighted by Gasteiger charge is 2.18. The van der Waals surface area contributed by atoms with E-state index in [0.717, 1.165) is 0 Å². The number of aryl methyl sites for hydroxylation is 1. The van der Waals surface area contributed by atoms with Gasteiger partial charge in [-0.2, -0.15) is 0 Å². The number of rotatable bonds is 6. The fourth-order valence-corrected chi connectivity index (χ4v) is 3.03. The van der Waals surface area contributed by atoms with Crippen LogP contribution in [0.1, 0.15) is 18.4 Å². The Morgan fingerprint density at radius 3 is 2.67 bits per heavy atom. The van der Waals surface area contributed by atoms with Crippen LogP contribution >= 0.6 is 0 Å². The molecule has 3 rings (SSSR count). The number of aromatic nitrogens is 3. The van der Waals surface area contributed by atoms with Gasteiger partial charge in [0, 0.05) is 19.2 Å². The minimum Gasteiger partial charge on any atom is -0.419 e. The summed E-state index contributed by atoms with van der Waals surface area (Å²) in [5.74, 6) is 0.327. The molecule has 0 saturated heterocycles. The Balaban J connectivity index is 1.74. The highest BCUT2D eigenvalue weighted by atomic mass is 32.2. The Hall–Kier alpha value is -2.52. The number of H-pyrrole nitrogens is 1. The average molecular weight is 350 g/mol. The molecule has 0 saturated carbocycles. The summed E-state index contributed by atoms with van der Waals surface area (Å²) in [6.07, 6.45) is 1.94. The Bertz CT molecular complexity index is 932. The van der Waals surface area contributed by atoms with Crippen LogP contribution in [-0.4, -0.2) is 23.6 Å². The molecule has 0 aliphatic rings. The summed E-state index contributed by atoms with van der Waals surface area (Å²) in [6.45, 7) is 1.94. The van der Waals surface area contributed by atoms with Crippen LogP contribution < -0.4 is 4.72 Å². The summed E-state index contributed by atoms with van der Waals surface area (Å²) in [5, 5.41) is 7.69. The van der Waals surface area contributed by atoms with E-state index in [1.807, 2.05) is 6.92 Å². The van der Waals surface area contributed by atoms with Crippen molar-refractivity contribution in [1.29, 1.82) is 0 Å². The number of nitrogens with zero attached hydrogens (tertiary/aromatic N) is 2. The normalized spacial score (nSPS) is 11.8. The second-order valence-electron chi connectivity index (χ2n) is 5.05. The summed E-state index contributed by atoms with van der Waals surface area (Å²) in [7, 11) is -3.72. The van der Waals surface area contributed by atoms with Crippen LogP contribution in [0.15, 0.2) is 45.8 Å². The summed E-state index contributed by atoms with van der Waals surface area (Å²) in [6, 6.07) is 7.01. The highest BCUT2D eigenvalue weighted by Crippen LogP contribution is 2.20. The van der Waals surface area contributed by atoms with Crippen molar-refractivity contribution < 1.29 is 17.2 Å². The van der Waals surface area contributed by atoms with E-state index in [-0.39, 0.29) is 23.1 Å². The molecule has 0 unspecified atom stereocenters. The molecular formula is C15H15FN4O3S. The lowest BCUT2D eigenvalue weighted by molar-refractivity contribution is 0.511. The summed E-state index contributed by atoms with van der Waals surface area (Å²) in [4.78, 5) is 2.86. The molecule has 7 nitrogen and oxygen atoms in total. The van der Waals surface area contributed by atoms with Gasteiger partial charge < -0.3 is 9.40 Å². The van der Waals surface area contributed by atoms with Crippen LogP contribution in [0.4, 0.5) is 4.39 Å². The van der Waals surface area contributed by atoms with Crippen LogP contribution in [0.3, 0.4) is 0 Å². The van der Waals surface area contributed by atoms with Crippen molar-refractivity contribution in [3.05, 3.63) is 53.8 Å². The molecule has 1 aromatic carbocycles. The SMILES string of the molecule is CCc1nnc(-c2cc(S(=O)(=O)NCc3ccc(F)cc3)c[nH]2)o1. The van der Waals surface area contributed by atoms with E-state index in [4.69, 9.17) is 4.42 Å². The number of hydrogen-bond acceptors (Lipinski definition) is 5. The molecule has 126 valence electrons. The zero-order chi connectivity index (χ0) is 17.2. The van der Waals surface area contributed by atoms with Crippen molar-refractivity contribution in [1.82, 2.24) is 19.9 Å². The fourth-order valence-electron chi connectivity index (χ4n) is 2.02. The Morgan fingerprint density at radius 2 is 2.00 bits per heavy atom. The first-order valence-electron chi connectivity index (χ1n) is 7.23. The van der Waals surface area contributed by atoms with E-state index in [0.29, 0.717) is 23.6 Å². The van der Waals surface area contributed by atoms with Crippen molar-refractivity contribution in [2.45, 2.75) is 24.8 Å². The molecule has 24 heavy (non-hydrogen) atoms. The second kappa shape index (κ2) is 6.54. The van der Waals surface area contributed by atoms with Gasteiger partial charge in [-0.25, -0.2) is 17.5 Å². The van der Waals surface area contributed by atoms with Crippen molar-refractivity contribution in [3.63, 3.8) is 0 Å². The molecule has 0 amide bonds. The van der Waals surface area contributed by atoms with Crippen molar-refractivity contribution in [2.75, 3.05) is 0 Å². The van der Waals surface area contributed by atoms with Gasteiger partial charge in [0.2, 0.25) is 15.9 Å². The van der Waals surface area contributed by atoms with Gasteiger partial charge >= 0.3 is 0 Å². The maximum Gasteiger partial charge on any atom is 0.264 e. The molecule has 0 atom stereocenters. The number of aromatic amines is 1. The van der Waals surface area contributed by atoms with E-state index >= 15 is 0 Å². The molecule has 0 spiro atoms.